The van der Waals surface area contributed by atoms with Crippen LogP contribution in [0.15, 0.2) is 91.0 Å². The molecule has 0 radical (unpaired) electrons. The van der Waals surface area contributed by atoms with Crippen molar-refractivity contribution in [1.82, 2.24) is 10.6 Å². The van der Waals surface area contributed by atoms with Crippen molar-refractivity contribution in [2.24, 2.45) is 0 Å². The lowest BCUT2D eigenvalue weighted by atomic mass is 10.1. The highest BCUT2D eigenvalue weighted by atomic mass is 79.9. The summed E-state index contributed by atoms with van der Waals surface area (Å²) in [5.74, 6) is -2.23. The van der Waals surface area contributed by atoms with E-state index in [2.05, 4.69) is 96.1 Å². The monoisotopic (exact) mass is 772 g/mol. The quantitative estimate of drug-likeness (QED) is 0.0675. The average Bonchev–Trinajstić information content (AvgIpc) is 3.12. The number of halogens is 1. The first-order chi connectivity index (χ1) is 23.2. The molecule has 0 unspecified atom stereocenters. The fourth-order valence-electron chi connectivity index (χ4n) is 5.58. The summed E-state index contributed by atoms with van der Waals surface area (Å²) in [6.07, 6.45) is 2.14. The standard InChI is InChI=1S/C37H45N2O7PS.BrH/c1-3-46-36(43)25-23-33(40)32(27-48)39-35(42)24-22-31(37(44)45-2)38-34(41)21-13-14-26-47(28-15-7-4-8-16-28,29-17-9-5-10-18-29)30-19-11-6-12-20-30;/h4-12,15-20,31-32H,3,13-14,21-27H2,1-2H3,(H2-,38,39,41,42,48);1H/t31-,32-;/m0./s1. The molecule has 0 aromatic heterocycles. The van der Waals surface area contributed by atoms with Crippen molar-refractivity contribution in [3.63, 3.8) is 0 Å². The van der Waals surface area contributed by atoms with Gasteiger partial charge in [0, 0.05) is 25.0 Å². The molecule has 0 fully saturated rings. The summed E-state index contributed by atoms with van der Waals surface area (Å²) in [5, 5.41) is 9.16. The van der Waals surface area contributed by atoms with E-state index in [9.17, 15) is 24.0 Å². The lowest BCUT2D eigenvalue weighted by Gasteiger charge is -2.27. The van der Waals surface area contributed by atoms with E-state index in [-0.39, 0.29) is 73.1 Å². The molecule has 0 aliphatic carbocycles. The van der Waals surface area contributed by atoms with E-state index in [4.69, 9.17) is 9.47 Å². The summed E-state index contributed by atoms with van der Waals surface area (Å²) < 4.78 is 9.73. The van der Waals surface area contributed by atoms with E-state index in [1.54, 1.807) is 6.92 Å². The van der Waals surface area contributed by atoms with Crippen LogP contribution in [0, 0.1) is 0 Å². The number of rotatable bonds is 20. The number of carbonyl (C=O) groups is 5. The van der Waals surface area contributed by atoms with Gasteiger partial charge in [-0.1, -0.05) is 54.6 Å². The van der Waals surface area contributed by atoms with Gasteiger partial charge >= 0.3 is 11.9 Å². The topological polar surface area (TPSA) is 128 Å². The van der Waals surface area contributed by atoms with E-state index in [0.29, 0.717) is 6.42 Å². The number of esters is 2. The van der Waals surface area contributed by atoms with Gasteiger partial charge in [0.2, 0.25) is 11.8 Å². The molecule has 2 atom stereocenters. The highest BCUT2D eigenvalue weighted by Crippen LogP contribution is 2.55. The molecule has 3 aromatic rings. The summed E-state index contributed by atoms with van der Waals surface area (Å²) in [6.45, 7) is 1.90. The summed E-state index contributed by atoms with van der Waals surface area (Å²) >= 11 is 4.16. The van der Waals surface area contributed by atoms with Gasteiger partial charge in [0.05, 0.1) is 32.3 Å². The molecule has 9 nitrogen and oxygen atoms in total. The van der Waals surface area contributed by atoms with Crippen LogP contribution in [0.3, 0.4) is 0 Å². The Kier molecular flexibility index (Phi) is 18.9. The van der Waals surface area contributed by atoms with Crippen LogP contribution in [0.25, 0.3) is 0 Å². The van der Waals surface area contributed by atoms with Gasteiger partial charge in [0.15, 0.2) is 5.78 Å². The first-order valence-electron chi connectivity index (χ1n) is 16.3. The van der Waals surface area contributed by atoms with Gasteiger partial charge in [-0.05, 0) is 62.6 Å². The van der Waals surface area contributed by atoms with Crippen molar-refractivity contribution in [3.8, 4) is 0 Å². The molecule has 3 aromatic carbocycles. The third-order valence-electron chi connectivity index (χ3n) is 8.01. The van der Waals surface area contributed by atoms with Gasteiger partial charge in [-0.25, -0.2) is 4.79 Å². The van der Waals surface area contributed by atoms with Crippen molar-refractivity contribution >= 4 is 65.3 Å². The Bertz CT molecular complexity index is 1390. The molecule has 0 saturated heterocycles. The van der Waals surface area contributed by atoms with E-state index in [1.165, 1.54) is 23.0 Å². The number of ketones is 1. The zero-order valence-electron chi connectivity index (χ0n) is 28.0. The fourth-order valence-corrected chi connectivity index (χ4v) is 10.3. The predicted molar refractivity (Wildman–Crippen MR) is 194 cm³/mol. The van der Waals surface area contributed by atoms with Crippen LogP contribution in [0.4, 0.5) is 0 Å². The minimum atomic E-state index is -2.02. The number of ether oxygens (including phenoxy) is 2. The zero-order valence-corrected chi connectivity index (χ0v) is 31.4. The van der Waals surface area contributed by atoms with Crippen LogP contribution in [0.5, 0.6) is 0 Å². The van der Waals surface area contributed by atoms with Gasteiger partial charge in [0.1, 0.15) is 29.2 Å². The van der Waals surface area contributed by atoms with E-state index < -0.39 is 37.2 Å². The minimum Gasteiger partial charge on any atom is -1.00 e. The normalized spacial score (nSPS) is 12.1. The second-order valence-corrected chi connectivity index (χ2v) is 15.2. The lowest BCUT2D eigenvalue weighted by Crippen LogP contribution is -3.00. The molecule has 0 bridgehead atoms. The fraction of sp³-hybridized carbons (Fsp3) is 0.378. The summed E-state index contributed by atoms with van der Waals surface area (Å²) in [6, 6.07) is 29.7. The first kappa shape index (κ1) is 41.6. The largest absolute Gasteiger partial charge is 1.00 e. The van der Waals surface area contributed by atoms with Crippen molar-refractivity contribution in [2.45, 2.75) is 64.0 Å². The number of hydrogen-bond acceptors (Lipinski definition) is 8. The maximum absolute atomic E-state index is 13.0. The van der Waals surface area contributed by atoms with Crippen LogP contribution in [0.1, 0.15) is 51.9 Å². The van der Waals surface area contributed by atoms with Crippen LogP contribution in [0.2, 0.25) is 0 Å². The number of thiol groups is 1. The maximum Gasteiger partial charge on any atom is 0.328 e. The smallest absolute Gasteiger partial charge is 0.328 e. The Morgan fingerprint density at radius 3 is 1.65 bits per heavy atom. The molecule has 0 heterocycles. The highest BCUT2D eigenvalue weighted by Gasteiger charge is 2.44. The van der Waals surface area contributed by atoms with Gasteiger partial charge in [0.25, 0.3) is 0 Å². The van der Waals surface area contributed by atoms with Gasteiger partial charge < -0.3 is 37.1 Å². The summed E-state index contributed by atoms with van der Waals surface area (Å²) in [4.78, 5) is 62.3. The molecular weight excluding hydrogens is 727 g/mol. The predicted octanol–water partition coefficient (Wildman–Crippen LogP) is 0.920. The van der Waals surface area contributed by atoms with Crippen molar-refractivity contribution < 1.29 is 50.4 Å². The van der Waals surface area contributed by atoms with E-state index in [1.807, 2.05) is 18.2 Å². The van der Waals surface area contributed by atoms with Crippen LogP contribution in [-0.2, 0) is 33.4 Å². The van der Waals surface area contributed by atoms with Crippen LogP contribution in [-0.4, -0.2) is 67.3 Å². The van der Waals surface area contributed by atoms with Crippen LogP contribution < -0.4 is 43.5 Å². The molecule has 0 aliphatic rings. The van der Waals surface area contributed by atoms with Crippen molar-refractivity contribution in [2.75, 3.05) is 25.6 Å². The molecule has 2 N–H and O–H groups in total. The Balaban J connectivity index is 0.00000833. The van der Waals surface area contributed by atoms with Gasteiger partial charge in [-0.15, -0.1) is 0 Å². The van der Waals surface area contributed by atoms with E-state index in [0.717, 1.165) is 12.6 Å². The number of benzene rings is 3. The molecule has 2 amide bonds. The Morgan fingerprint density at radius 2 is 1.18 bits per heavy atom. The summed E-state index contributed by atoms with van der Waals surface area (Å²) in [5.41, 5.74) is 0. The zero-order chi connectivity index (χ0) is 34.8. The molecule has 3 rings (SSSR count). The number of carbonyl (C=O) groups excluding carboxylic acids is 5. The number of amides is 2. The van der Waals surface area contributed by atoms with Gasteiger partial charge in [-0.2, -0.15) is 12.6 Å². The SMILES string of the molecule is CCOC(=O)CCC(=O)[C@H](CS)NC(=O)CC[C@H](NC(=O)CCCC[P+](c1ccccc1)(c1ccccc1)c1ccccc1)C(=O)OC.[Br-]. The second-order valence-electron chi connectivity index (χ2n) is 11.3. The van der Waals surface area contributed by atoms with Crippen molar-refractivity contribution in [3.05, 3.63) is 91.0 Å². The maximum atomic E-state index is 13.0. The lowest BCUT2D eigenvalue weighted by molar-refractivity contribution is -0.145. The molecule has 0 saturated carbocycles. The van der Waals surface area contributed by atoms with Gasteiger partial charge in [-0.3, -0.25) is 19.2 Å². The number of hydrogen-bond donors (Lipinski definition) is 3. The Hall–Kier alpha value is -3.53. The first-order valence-corrected chi connectivity index (χ1v) is 18.9. The molecule has 264 valence electrons. The van der Waals surface area contributed by atoms with Crippen LogP contribution >= 0.6 is 19.9 Å². The number of methoxy groups -OCH3 is 1. The minimum absolute atomic E-state index is 0. The number of nitrogens with one attached hydrogen (secondary N) is 2. The molecule has 0 aliphatic heterocycles. The Morgan fingerprint density at radius 1 is 0.694 bits per heavy atom. The molecule has 0 spiro atoms. The highest BCUT2D eigenvalue weighted by molar-refractivity contribution is 7.95. The number of unbranched alkanes of at least 4 members (excludes halogenated alkanes) is 1. The summed E-state index contributed by atoms with van der Waals surface area (Å²) in [7, 11) is -0.797. The molecule has 49 heavy (non-hydrogen) atoms. The van der Waals surface area contributed by atoms with Crippen molar-refractivity contribution in [1.29, 1.82) is 0 Å². The Labute approximate surface area is 305 Å². The molecule has 12 heteroatoms. The third kappa shape index (κ3) is 12.7. The third-order valence-corrected chi connectivity index (χ3v) is 12.9. The van der Waals surface area contributed by atoms with E-state index >= 15 is 0 Å². The molecular formula is C37H46BrN2O7PS. The number of Topliss-reactive ketones (excluding diaryl/α,β-unsaturated/α-hetero) is 1. The second kappa shape index (κ2) is 22.2. The average molecular weight is 774 g/mol.